The van der Waals surface area contributed by atoms with Gasteiger partial charge >= 0.3 is 23.9 Å². The molecule has 4 heterocycles. The predicted molar refractivity (Wildman–Crippen MR) is 239 cm³/mol. The number of fused-ring (bicyclic) bond motifs is 1. The van der Waals surface area contributed by atoms with Crippen molar-refractivity contribution in [3.8, 4) is 5.88 Å². The number of esters is 2. The highest BCUT2D eigenvalue weighted by atomic mass is 32.3. The summed E-state index contributed by atoms with van der Waals surface area (Å²) in [6, 6.07) is -0.446. The summed E-state index contributed by atoms with van der Waals surface area (Å²) in [4.78, 5) is 63.9. The standard InChI is InChI=1S/C39H59N7O16S4/c1-7-40-29-22-46(11-8-14-58-6)66(56,57)38-28(29)19-34(63-38)65(54,55)44-25(3)30(47)17-24(2)61-32(50)9-10-33(51)62-27(21-41-39(4,5)20-26(37(52)53)18-31(48)49)23-60-36-35(42-64-43-36)45-12-15-59-16-13-45/h18-19,24-25,27,29,40-41,44H,7-17,20-23H2,1-6H3,(H,48,49)(H,52,53)/b26-18-/t24?,25?,27-,29-/m0/s1. The van der Waals surface area contributed by atoms with Crippen LogP contribution in [0.3, 0.4) is 0 Å². The second kappa shape index (κ2) is 24.7. The third-order valence-corrected chi connectivity index (χ3v) is 16.2. The number of rotatable bonds is 28. The zero-order chi connectivity index (χ0) is 48.8. The number of ether oxygens (including phenoxy) is 5. The number of ketones is 1. The van der Waals surface area contributed by atoms with Gasteiger partial charge in [0.1, 0.15) is 27.2 Å². The summed E-state index contributed by atoms with van der Waals surface area (Å²) in [7, 11) is -6.88. The number of carboxylic acids is 2. The Balaban J connectivity index is 1.33. The second-order valence-electron chi connectivity index (χ2n) is 16.1. The SMILES string of the molecule is CCN[C@H]1CN(CCCOC)S(=O)(=O)c2sc(S(=O)(=O)NC(C)C(=O)CC(C)OC(=O)CCC(=O)O[C@@H](CNC(C)(C)C/C(=C/C(=O)O)C(=O)O)COc3nsnc3N3CCOCC3)cc21. The van der Waals surface area contributed by atoms with Crippen LogP contribution in [0.4, 0.5) is 5.82 Å². The summed E-state index contributed by atoms with van der Waals surface area (Å²) in [6.45, 7) is 10.7. The number of hydrogen-bond donors (Lipinski definition) is 5. The predicted octanol–water partition coefficient (Wildman–Crippen LogP) is 1.31. The molecule has 2 aromatic rings. The molecule has 5 N–H and O–H groups in total. The first-order chi connectivity index (χ1) is 31.1. The van der Waals surface area contributed by atoms with Gasteiger partial charge in [0.2, 0.25) is 5.82 Å². The van der Waals surface area contributed by atoms with Crippen molar-refractivity contribution >= 4 is 78.6 Å². The highest BCUT2D eigenvalue weighted by Gasteiger charge is 2.40. The molecule has 2 unspecified atom stereocenters. The summed E-state index contributed by atoms with van der Waals surface area (Å²) in [5.41, 5.74) is -1.05. The van der Waals surface area contributed by atoms with Crippen molar-refractivity contribution in [2.24, 2.45) is 0 Å². The summed E-state index contributed by atoms with van der Waals surface area (Å²) >= 11 is 1.52. The molecule has 0 saturated carbocycles. The number of thiophene rings is 1. The number of nitrogens with zero attached hydrogens (tertiary/aromatic N) is 4. The molecule has 0 spiro atoms. The molecule has 0 amide bonds. The van der Waals surface area contributed by atoms with Gasteiger partial charge in [-0.05, 0) is 53.1 Å². The van der Waals surface area contributed by atoms with Crippen molar-refractivity contribution in [1.82, 2.24) is 28.4 Å². The maximum absolute atomic E-state index is 13.5. The van der Waals surface area contributed by atoms with E-state index in [1.165, 1.54) is 31.3 Å². The molecule has 0 aliphatic carbocycles. The van der Waals surface area contributed by atoms with E-state index < -0.39 is 98.8 Å². The molecule has 0 bridgehead atoms. The zero-order valence-electron chi connectivity index (χ0n) is 37.6. The highest BCUT2D eigenvalue weighted by molar-refractivity contribution is 7.94. The fourth-order valence-electron chi connectivity index (χ4n) is 6.88. The normalized spacial score (nSPS) is 18.2. The number of carbonyl (C=O) groups excluding carboxylic acids is 3. The molecular weight excluding hydrogens is 951 g/mol. The zero-order valence-corrected chi connectivity index (χ0v) is 40.9. The molecule has 27 heteroatoms. The van der Waals surface area contributed by atoms with Crippen LogP contribution in [0.2, 0.25) is 0 Å². The summed E-state index contributed by atoms with van der Waals surface area (Å²) in [5, 5.41) is 25.0. The largest absolute Gasteiger partial charge is 0.478 e. The van der Waals surface area contributed by atoms with E-state index in [9.17, 15) is 45.9 Å². The number of aromatic nitrogens is 2. The number of methoxy groups -OCH3 is 1. The fraction of sp³-hybridized carbons (Fsp3) is 0.667. The third-order valence-electron chi connectivity index (χ3n) is 10.1. The molecule has 0 aromatic carbocycles. The van der Waals surface area contributed by atoms with E-state index in [1.807, 2.05) is 11.8 Å². The van der Waals surface area contributed by atoms with Crippen LogP contribution >= 0.6 is 23.1 Å². The molecule has 2 aromatic heterocycles. The Labute approximate surface area is 391 Å². The number of nitrogens with one attached hydrogen (secondary N) is 3. The summed E-state index contributed by atoms with van der Waals surface area (Å²) in [5.74, 6) is -4.47. The minimum Gasteiger partial charge on any atom is -0.478 e. The Morgan fingerprint density at radius 3 is 2.39 bits per heavy atom. The Hall–Kier alpha value is -4.19. The first kappa shape index (κ1) is 54.4. The van der Waals surface area contributed by atoms with Crippen LogP contribution in [-0.2, 0) is 63.0 Å². The average Bonchev–Trinajstić information content (AvgIpc) is 3.92. The van der Waals surface area contributed by atoms with Crippen molar-refractivity contribution in [3.05, 3.63) is 23.3 Å². The van der Waals surface area contributed by atoms with Gasteiger partial charge in [0.15, 0.2) is 5.78 Å². The Morgan fingerprint density at radius 2 is 1.76 bits per heavy atom. The molecule has 4 rings (SSSR count). The number of carbonyl (C=O) groups is 5. The fourth-order valence-corrected chi connectivity index (χ4v) is 12.5. The Morgan fingerprint density at radius 1 is 1.08 bits per heavy atom. The van der Waals surface area contributed by atoms with E-state index in [-0.39, 0.29) is 52.5 Å². The lowest BCUT2D eigenvalue weighted by Gasteiger charge is -2.32. The first-order valence-corrected chi connectivity index (χ1v) is 25.5. The van der Waals surface area contributed by atoms with Crippen molar-refractivity contribution < 1.29 is 74.7 Å². The van der Waals surface area contributed by atoms with Crippen LogP contribution in [0.1, 0.15) is 78.3 Å². The molecule has 2 aliphatic heterocycles. The molecule has 370 valence electrons. The van der Waals surface area contributed by atoms with Crippen LogP contribution in [-0.4, -0.2) is 166 Å². The quantitative estimate of drug-likeness (QED) is 0.0456. The van der Waals surface area contributed by atoms with E-state index >= 15 is 0 Å². The van der Waals surface area contributed by atoms with E-state index in [1.54, 1.807) is 13.8 Å². The van der Waals surface area contributed by atoms with Gasteiger partial charge in [-0.3, -0.25) is 14.4 Å². The van der Waals surface area contributed by atoms with Gasteiger partial charge < -0.3 is 49.4 Å². The van der Waals surface area contributed by atoms with E-state index in [2.05, 4.69) is 24.1 Å². The highest BCUT2D eigenvalue weighted by Crippen LogP contribution is 2.40. The van der Waals surface area contributed by atoms with Crippen LogP contribution in [0.5, 0.6) is 5.88 Å². The van der Waals surface area contributed by atoms with Crippen LogP contribution in [0.25, 0.3) is 0 Å². The minimum absolute atomic E-state index is 0.0902. The number of hydrogen-bond acceptors (Lipinski definition) is 21. The van der Waals surface area contributed by atoms with Crippen LogP contribution < -0.4 is 25.0 Å². The minimum atomic E-state index is -4.38. The van der Waals surface area contributed by atoms with Gasteiger partial charge in [-0.2, -0.15) is 8.68 Å². The van der Waals surface area contributed by atoms with Crippen molar-refractivity contribution in [3.63, 3.8) is 0 Å². The van der Waals surface area contributed by atoms with Gasteiger partial charge in [-0.15, -0.1) is 15.7 Å². The van der Waals surface area contributed by atoms with Gasteiger partial charge in [-0.25, -0.2) is 31.1 Å². The second-order valence-corrected chi connectivity index (χ2v) is 21.8. The van der Waals surface area contributed by atoms with Gasteiger partial charge in [-0.1, -0.05) is 6.92 Å². The molecule has 4 atom stereocenters. The van der Waals surface area contributed by atoms with Gasteiger partial charge in [0.05, 0.1) is 43.8 Å². The topological polar surface area (TPSA) is 309 Å². The van der Waals surface area contributed by atoms with Crippen LogP contribution in [0.15, 0.2) is 26.1 Å². The third kappa shape index (κ3) is 16.0. The lowest BCUT2D eigenvalue weighted by Crippen LogP contribution is -2.46. The van der Waals surface area contributed by atoms with Gasteiger partial charge in [0, 0.05) is 81.7 Å². The number of anilines is 1. The average molecular weight is 1010 g/mol. The molecule has 0 radical (unpaired) electrons. The number of likely N-dealkylation sites (N-methyl/N-ethyl adjacent to an activating group) is 1. The smallest absolute Gasteiger partial charge is 0.331 e. The van der Waals surface area contributed by atoms with E-state index in [0.29, 0.717) is 74.7 Å². The summed E-state index contributed by atoms with van der Waals surface area (Å²) < 4.78 is 93.2. The Kier molecular flexibility index (Phi) is 20.4. The lowest BCUT2D eigenvalue weighted by atomic mass is 9.94. The maximum atomic E-state index is 13.5. The molecule has 66 heavy (non-hydrogen) atoms. The molecule has 1 fully saturated rings. The molecular formula is C39H59N7O16S4. The van der Waals surface area contributed by atoms with Crippen molar-refractivity contribution in [2.75, 3.05) is 77.7 Å². The number of Topliss-reactive ketones (excluding diaryl/α,β-unsaturated/α-hetero) is 1. The van der Waals surface area contributed by atoms with E-state index in [0.717, 1.165) is 11.7 Å². The molecule has 1 saturated heterocycles. The number of sulfonamides is 2. The number of carboxylic acid groups (broad SMARTS) is 2. The Bertz CT molecular complexity index is 2260. The monoisotopic (exact) mass is 1010 g/mol. The number of aliphatic carboxylic acids is 2. The lowest BCUT2D eigenvalue weighted by molar-refractivity contribution is -0.157. The van der Waals surface area contributed by atoms with E-state index in [4.69, 9.17) is 28.8 Å². The molecule has 2 aliphatic rings. The summed E-state index contributed by atoms with van der Waals surface area (Å²) in [6.07, 6.45) is -2.50. The maximum Gasteiger partial charge on any atom is 0.331 e. The van der Waals surface area contributed by atoms with Crippen LogP contribution in [0, 0.1) is 0 Å². The van der Waals surface area contributed by atoms with Gasteiger partial charge in [0.25, 0.3) is 25.9 Å². The number of morpholine rings is 1. The first-order valence-electron chi connectivity index (χ1n) is 21.1. The molecule has 23 nitrogen and oxygen atoms in total. The van der Waals surface area contributed by atoms with Crippen molar-refractivity contribution in [1.29, 1.82) is 0 Å². The van der Waals surface area contributed by atoms with Crippen molar-refractivity contribution in [2.45, 2.75) is 105 Å².